The first-order chi connectivity index (χ1) is 21.3. The lowest BCUT2D eigenvalue weighted by Gasteiger charge is -2.28. The number of para-hydroxylation sites is 1. The second kappa shape index (κ2) is 10.3. The van der Waals surface area contributed by atoms with E-state index in [1.165, 1.54) is 27.1 Å². The van der Waals surface area contributed by atoms with Crippen LogP contribution in [0.2, 0.25) is 0 Å². The highest BCUT2D eigenvalue weighted by molar-refractivity contribution is 6.04. The number of imidazole rings is 1. The van der Waals surface area contributed by atoms with Crippen LogP contribution in [0.1, 0.15) is 5.56 Å². The molecule has 2 aromatic heterocycles. The minimum Gasteiger partial charge on any atom is -0.309 e. The Labute approximate surface area is 250 Å². The van der Waals surface area contributed by atoms with E-state index in [-0.39, 0.29) is 0 Å². The molecule has 0 spiro atoms. The summed E-state index contributed by atoms with van der Waals surface area (Å²) in [7, 11) is 0. The summed E-state index contributed by atoms with van der Waals surface area (Å²) in [5, 5.41) is 4.83. The molecular weight excluding hydrogens is 524 g/mol. The van der Waals surface area contributed by atoms with Crippen molar-refractivity contribution in [1.82, 2.24) is 14.5 Å². The van der Waals surface area contributed by atoms with Gasteiger partial charge in [-0.1, -0.05) is 91.0 Å². The number of nitrogens with zero attached hydrogens (tertiary/aromatic N) is 4. The number of aryl methyl sites for hydroxylation is 1. The molecule has 0 aliphatic heterocycles. The van der Waals surface area contributed by atoms with Gasteiger partial charge in [0.2, 0.25) is 0 Å². The predicted molar refractivity (Wildman–Crippen MR) is 179 cm³/mol. The zero-order valence-electron chi connectivity index (χ0n) is 23.7. The van der Waals surface area contributed by atoms with Crippen LogP contribution in [0, 0.1) is 6.92 Å². The molecule has 0 atom stereocenters. The molecule has 8 aromatic rings. The second-order valence-corrected chi connectivity index (χ2v) is 10.8. The van der Waals surface area contributed by atoms with Crippen molar-refractivity contribution in [3.05, 3.63) is 157 Å². The molecule has 2 heterocycles. The van der Waals surface area contributed by atoms with Gasteiger partial charge in [0, 0.05) is 28.2 Å². The molecule has 0 unspecified atom stereocenters. The summed E-state index contributed by atoms with van der Waals surface area (Å²) >= 11 is 0. The number of pyridine rings is 1. The monoisotopic (exact) mass is 552 g/mol. The van der Waals surface area contributed by atoms with E-state index in [4.69, 9.17) is 9.97 Å². The van der Waals surface area contributed by atoms with Gasteiger partial charge in [0.05, 0.1) is 17.1 Å². The molecule has 4 heteroatoms. The normalized spacial score (nSPS) is 11.4. The molecule has 0 radical (unpaired) electrons. The zero-order valence-corrected chi connectivity index (χ0v) is 23.7. The summed E-state index contributed by atoms with van der Waals surface area (Å²) in [4.78, 5) is 12.2. The van der Waals surface area contributed by atoms with Crippen LogP contribution >= 0.6 is 0 Å². The molecule has 0 amide bonds. The molecule has 6 aromatic carbocycles. The van der Waals surface area contributed by atoms with Gasteiger partial charge in [0.15, 0.2) is 5.65 Å². The number of fused-ring (bicyclic) bond motifs is 3. The van der Waals surface area contributed by atoms with Crippen molar-refractivity contribution in [1.29, 1.82) is 0 Å². The lowest BCUT2D eigenvalue weighted by molar-refractivity contribution is 1.06. The summed E-state index contributed by atoms with van der Waals surface area (Å²) in [5.74, 6) is 0.872. The highest BCUT2D eigenvalue weighted by Gasteiger charge is 2.20. The van der Waals surface area contributed by atoms with Crippen molar-refractivity contribution in [2.75, 3.05) is 4.90 Å². The number of hydrogen-bond acceptors (Lipinski definition) is 3. The fraction of sp³-hybridized carbons (Fsp3) is 0.0256. The van der Waals surface area contributed by atoms with Crippen molar-refractivity contribution < 1.29 is 0 Å². The average Bonchev–Trinajstić information content (AvgIpc) is 3.45. The minimum atomic E-state index is 0.851. The van der Waals surface area contributed by atoms with Gasteiger partial charge in [-0.25, -0.2) is 9.97 Å². The van der Waals surface area contributed by atoms with Crippen LogP contribution < -0.4 is 4.90 Å². The number of aromatic nitrogens is 3. The molecule has 0 aliphatic carbocycles. The average molecular weight is 553 g/mol. The van der Waals surface area contributed by atoms with E-state index < -0.39 is 0 Å². The lowest BCUT2D eigenvalue weighted by Crippen LogP contribution is -2.11. The third kappa shape index (κ3) is 4.23. The third-order valence-corrected chi connectivity index (χ3v) is 8.17. The molecule has 0 saturated carbocycles. The first kappa shape index (κ1) is 25.0. The van der Waals surface area contributed by atoms with Gasteiger partial charge in [-0.2, -0.15) is 0 Å². The van der Waals surface area contributed by atoms with Crippen molar-refractivity contribution in [2.45, 2.75) is 6.92 Å². The molecular formula is C39H28N4. The Morgan fingerprint density at radius 1 is 0.558 bits per heavy atom. The van der Waals surface area contributed by atoms with E-state index in [0.29, 0.717) is 0 Å². The maximum absolute atomic E-state index is 5.06. The van der Waals surface area contributed by atoms with Crippen molar-refractivity contribution in [3.8, 4) is 17.1 Å². The Balaban J connectivity index is 1.33. The standard InChI is InChI=1S/C39H28N4/c1-27-11-2-7-19-35(27)43-38(41-34-18-10-26-40-39(34)43)30-22-24-31(25-23-30)42(36-20-8-14-28-12-3-5-16-32(28)36)37-21-9-15-29-13-4-6-17-33(29)37/h2-26H,1H3. The van der Waals surface area contributed by atoms with Gasteiger partial charge in [-0.15, -0.1) is 0 Å². The van der Waals surface area contributed by atoms with E-state index in [2.05, 4.69) is 150 Å². The Morgan fingerprint density at radius 3 is 1.84 bits per heavy atom. The fourth-order valence-corrected chi connectivity index (χ4v) is 6.12. The maximum atomic E-state index is 5.06. The lowest BCUT2D eigenvalue weighted by atomic mass is 10.0. The summed E-state index contributed by atoms with van der Waals surface area (Å²) in [6.07, 6.45) is 1.83. The highest BCUT2D eigenvalue weighted by atomic mass is 15.2. The second-order valence-electron chi connectivity index (χ2n) is 10.8. The van der Waals surface area contributed by atoms with E-state index in [1.54, 1.807) is 0 Å². The molecule has 43 heavy (non-hydrogen) atoms. The van der Waals surface area contributed by atoms with E-state index in [0.717, 1.165) is 45.3 Å². The van der Waals surface area contributed by atoms with Gasteiger partial charge in [-0.05, 0) is 77.9 Å². The van der Waals surface area contributed by atoms with Crippen LogP contribution in [0.5, 0.6) is 0 Å². The van der Waals surface area contributed by atoms with E-state index in [1.807, 2.05) is 18.3 Å². The Hall–Kier alpha value is -5.74. The van der Waals surface area contributed by atoms with Crippen LogP contribution in [-0.2, 0) is 0 Å². The topological polar surface area (TPSA) is 34.0 Å². The molecule has 0 bridgehead atoms. The van der Waals surface area contributed by atoms with Crippen LogP contribution in [-0.4, -0.2) is 14.5 Å². The van der Waals surface area contributed by atoms with Crippen LogP contribution in [0.25, 0.3) is 49.8 Å². The number of benzene rings is 6. The fourth-order valence-electron chi connectivity index (χ4n) is 6.12. The van der Waals surface area contributed by atoms with Crippen molar-refractivity contribution in [2.24, 2.45) is 0 Å². The molecule has 0 aliphatic rings. The molecule has 4 nitrogen and oxygen atoms in total. The van der Waals surface area contributed by atoms with Gasteiger partial charge in [0.1, 0.15) is 11.3 Å². The SMILES string of the molecule is Cc1ccccc1-n1c(-c2ccc(N(c3cccc4ccccc34)c3cccc4ccccc34)cc2)nc2cccnc21. The quantitative estimate of drug-likeness (QED) is 0.213. The first-order valence-corrected chi connectivity index (χ1v) is 14.5. The summed E-state index contributed by atoms with van der Waals surface area (Å²) in [6.45, 7) is 2.13. The number of rotatable bonds is 5. The smallest absolute Gasteiger partial charge is 0.164 e. The van der Waals surface area contributed by atoms with Crippen LogP contribution in [0.3, 0.4) is 0 Å². The Kier molecular flexibility index (Phi) is 5.97. The number of anilines is 3. The maximum Gasteiger partial charge on any atom is 0.164 e. The summed E-state index contributed by atoms with van der Waals surface area (Å²) < 4.78 is 2.17. The number of hydrogen-bond donors (Lipinski definition) is 0. The first-order valence-electron chi connectivity index (χ1n) is 14.5. The van der Waals surface area contributed by atoms with Crippen LogP contribution in [0.4, 0.5) is 17.1 Å². The van der Waals surface area contributed by atoms with Crippen molar-refractivity contribution >= 4 is 49.8 Å². The third-order valence-electron chi connectivity index (χ3n) is 8.17. The molecule has 0 N–H and O–H groups in total. The van der Waals surface area contributed by atoms with Gasteiger partial charge in [-0.3, -0.25) is 4.57 Å². The van der Waals surface area contributed by atoms with E-state index in [9.17, 15) is 0 Å². The van der Waals surface area contributed by atoms with Crippen molar-refractivity contribution in [3.63, 3.8) is 0 Å². The minimum absolute atomic E-state index is 0.851. The zero-order chi connectivity index (χ0) is 28.8. The molecule has 204 valence electrons. The summed E-state index contributed by atoms with van der Waals surface area (Å²) in [6, 6.07) is 51.3. The summed E-state index contributed by atoms with van der Waals surface area (Å²) in [5.41, 5.74) is 8.35. The van der Waals surface area contributed by atoms with Crippen LogP contribution in [0.15, 0.2) is 152 Å². The molecule has 0 fully saturated rings. The van der Waals surface area contributed by atoms with Gasteiger partial charge >= 0.3 is 0 Å². The molecule has 8 rings (SSSR count). The Bertz CT molecular complexity index is 2170. The highest BCUT2D eigenvalue weighted by Crippen LogP contribution is 2.42. The van der Waals surface area contributed by atoms with Gasteiger partial charge < -0.3 is 4.90 Å². The Morgan fingerprint density at radius 2 is 1.16 bits per heavy atom. The molecule has 0 saturated heterocycles. The largest absolute Gasteiger partial charge is 0.309 e. The van der Waals surface area contributed by atoms with E-state index >= 15 is 0 Å². The van der Waals surface area contributed by atoms with Gasteiger partial charge in [0.25, 0.3) is 0 Å². The predicted octanol–water partition coefficient (Wildman–Crippen LogP) is 10.2.